The molecule has 1 aliphatic heterocycles. The fourth-order valence-electron chi connectivity index (χ4n) is 5.26. The van der Waals surface area contributed by atoms with Gasteiger partial charge in [-0.15, -0.1) is 0 Å². The number of nitrogens with zero attached hydrogens (tertiary/aromatic N) is 5. The van der Waals surface area contributed by atoms with Crippen molar-refractivity contribution in [3.05, 3.63) is 82.8 Å². The first-order valence-corrected chi connectivity index (χ1v) is 12.4. The third-order valence-electron chi connectivity index (χ3n) is 7.01. The van der Waals surface area contributed by atoms with Gasteiger partial charge >= 0.3 is 0 Å². The Morgan fingerprint density at radius 1 is 1.15 bits per heavy atom. The predicted octanol–water partition coefficient (Wildman–Crippen LogP) is 4.82. The number of H-pyrrole nitrogens is 1. The van der Waals surface area contributed by atoms with Crippen LogP contribution in [0.15, 0.2) is 48.8 Å². The van der Waals surface area contributed by atoms with Crippen molar-refractivity contribution in [1.29, 1.82) is 0 Å². The Hall–Kier alpha value is -4.80. The first kappa shape index (κ1) is 24.5. The summed E-state index contributed by atoms with van der Waals surface area (Å²) < 4.78 is 36.9. The fraction of sp³-hybridized carbons (Fsp3) is 0.214. The van der Waals surface area contributed by atoms with Crippen LogP contribution in [0.2, 0.25) is 0 Å². The molecule has 0 spiro atoms. The minimum absolute atomic E-state index is 0.0598. The third-order valence-corrected chi connectivity index (χ3v) is 7.01. The normalized spacial score (nSPS) is 12.9. The maximum Gasteiger partial charge on any atom is 0.269 e. The standard InChI is InChI=1S/C28H25F2N7O2/c1-14(2)21-24(26(31)38)35-37-25(17-10-32-33-11-17)22(19-5-4-6-20(39-3)23(19)30)27(34-28(21)37)36-12-15-7-8-18(29)9-16(15)13-36/h4-11,14H,12-13H2,1-3H3,(H2,31,38)(H,32,33). The van der Waals surface area contributed by atoms with Crippen molar-refractivity contribution in [2.45, 2.75) is 32.9 Å². The summed E-state index contributed by atoms with van der Waals surface area (Å²) in [6, 6.07) is 9.53. The third kappa shape index (κ3) is 3.89. The van der Waals surface area contributed by atoms with Crippen LogP contribution in [0.5, 0.6) is 5.75 Å². The van der Waals surface area contributed by atoms with Crippen molar-refractivity contribution in [1.82, 2.24) is 24.8 Å². The molecule has 6 rings (SSSR count). The Kier molecular flexibility index (Phi) is 5.78. The Balaban J connectivity index is 1.75. The molecule has 0 saturated carbocycles. The number of carbonyl (C=O) groups is 1. The topological polar surface area (TPSA) is 114 Å². The van der Waals surface area contributed by atoms with Crippen LogP contribution in [0.3, 0.4) is 0 Å². The lowest BCUT2D eigenvalue weighted by molar-refractivity contribution is 0.0994. The van der Waals surface area contributed by atoms with Crippen LogP contribution in [0.1, 0.15) is 46.9 Å². The number of hydrogen-bond acceptors (Lipinski definition) is 6. The number of ether oxygens (including phenoxy) is 1. The van der Waals surface area contributed by atoms with Gasteiger partial charge < -0.3 is 15.4 Å². The number of fused-ring (bicyclic) bond motifs is 2. The molecule has 0 atom stereocenters. The Bertz CT molecular complexity index is 1750. The zero-order valence-corrected chi connectivity index (χ0v) is 21.5. The van der Waals surface area contributed by atoms with Gasteiger partial charge in [0.05, 0.1) is 24.6 Å². The van der Waals surface area contributed by atoms with Gasteiger partial charge in [0.2, 0.25) is 0 Å². The molecule has 0 fully saturated rings. The number of methoxy groups -OCH3 is 1. The second-order valence-electron chi connectivity index (χ2n) is 9.75. The molecule has 0 aliphatic carbocycles. The number of nitrogens with two attached hydrogens (primary N) is 1. The number of carbonyl (C=O) groups excluding carboxylic acids is 1. The quantitative estimate of drug-likeness (QED) is 0.326. The molecule has 5 aromatic rings. The number of aromatic nitrogens is 5. The molecule has 0 bridgehead atoms. The average Bonchev–Trinajstić information content (AvgIpc) is 3.65. The molecule has 1 amide bonds. The number of aromatic amines is 1. The second-order valence-corrected chi connectivity index (χ2v) is 9.75. The molecular weight excluding hydrogens is 504 g/mol. The van der Waals surface area contributed by atoms with E-state index in [4.69, 9.17) is 15.5 Å². The number of halogens is 2. The first-order chi connectivity index (χ1) is 18.8. The molecule has 11 heteroatoms. The lowest BCUT2D eigenvalue weighted by Crippen LogP contribution is -2.19. The highest BCUT2D eigenvalue weighted by Crippen LogP contribution is 2.44. The molecule has 3 aromatic heterocycles. The minimum Gasteiger partial charge on any atom is -0.494 e. The predicted molar refractivity (Wildman–Crippen MR) is 141 cm³/mol. The summed E-state index contributed by atoms with van der Waals surface area (Å²) in [5.74, 6) is -1.25. The lowest BCUT2D eigenvalue weighted by Gasteiger charge is -2.24. The summed E-state index contributed by atoms with van der Waals surface area (Å²) in [5, 5.41) is 11.5. The van der Waals surface area contributed by atoms with Crippen molar-refractivity contribution in [3.63, 3.8) is 0 Å². The molecule has 0 unspecified atom stereocenters. The van der Waals surface area contributed by atoms with Crippen molar-refractivity contribution in [2.75, 3.05) is 12.0 Å². The highest BCUT2D eigenvalue weighted by molar-refractivity contribution is 5.97. The maximum absolute atomic E-state index is 16.0. The molecular formula is C28H25F2N7O2. The molecule has 0 saturated heterocycles. The number of benzene rings is 2. The van der Waals surface area contributed by atoms with E-state index in [0.717, 1.165) is 11.1 Å². The summed E-state index contributed by atoms with van der Waals surface area (Å²) in [6.45, 7) is 4.63. The summed E-state index contributed by atoms with van der Waals surface area (Å²) in [7, 11) is 1.40. The highest BCUT2D eigenvalue weighted by Gasteiger charge is 2.32. The van der Waals surface area contributed by atoms with E-state index in [0.29, 0.717) is 46.9 Å². The SMILES string of the molecule is COc1cccc(-c2c(N3Cc4ccc(F)cc4C3)nc3c(C(C)C)c(C(N)=O)nn3c2-c2cn[nH]c2)c1F. The van der Waals surface area contributed by atoms with E-state index in [1.807, 2.05) is 18.7 Å². The Morgan fingerprint density at radius 2 is 1.95 bits per heavy atom. The van der Waals surface area contributed by atoms with Crippen LogP contribution in [0.25, 0.3) is 28.0 Å². The highest BCUT2D eigenvalue weighted by atomic mass is 19.1. The summed E-state index contributed by atoms with van der Waals surface area (Å²) in [6.07, 6.45) is 3.25. The van der Waals surface area contributed by atoms with E-state index < -0.39 is 11.7 Å². The van der Waals surface area contributed by atoms with Crippen LogP contribution in [-0.4, -0.2) is 37.8 Å². The number of primary amides is 1. The molecule has 39 heavy (non-hydrogen) atoms. The molecule has 198 valence electrons. The van der Waals surface area contributed by atoms with Crippen LogP contribution in [-0.2, 0) is 13.1 Å². The Labute approximate surface area is 222 Å². The van der Waals surface area contributed by atoms with Gasteiger partial charge in [-0.2, -0.15) is 10.2 Å². The monoisotopic (exact) mass is 529 g/mol. The second kappa shape index (κ2) is 9.19. The zero-order valence-electron chi connectivity index (χ0n) is 21.5. The fourth-order valence-corrected chi connectivity index (χ4v) is 5.26. The van der Waals surface area contributed by atoms with E-state index in [9.17, 15) is 9.18 Å². The van der Waals surface area contributed by atoms with Gasteiger partial charge in [-0.05, 0) is 35.2 Å². The smallest absolute Gasteiger partial charge is 0.269 e. The van der Waals surface area contributed by atoms with E-state index in [1.165, 1.54) is 29.8 Å². The molecule has 9 nitrogen and oxygen atoms in total. The van der Waals surface area contributed by atoms with Crippen molar-refractivity contribution >= 4 is 17.4 Å². The van der Waals surface area contributed by atoms with Crippen molar-refractivity contribution in [2.24, 2.45) is 5.73 Å². The van der Waals surface area contributed by atoms with Crippen molar-refractivity contribution < 1.29 is 18.3 Å². The molecule has 1 aliphatic rings. The van der Waals surface area contributed by atoms with Gasteiger partial charge in [0.15, 0.2) is 22.9 Å². The largest absolute Gasteiger partial charge is 0.494 e. The molecule has 4 heterocycles. The van der Waals surface area contributed by atoms with Gasteiger partial charge in [0.1, 0.15) is 11.6 Å². The summed E-state index contributed by atoms with van der Waals surface area (Å²) in [4.78, 5) is 19.5. The zero-order chi connectivity index (χ0) is 27.4. The van der Waals surface area contributed by atoms with Crippen molar-refractivity contribution in [3.8, 4) is 28.1 Å². The van der Waals surface area contributed by atoms with Gasteiger partial charge in [-0.1, -0.05) is 32.0 Å². The van der Waals surface area contributed by atoms with Gasteiger partial charge in [-0.3, -0.25) is 9.89 Å². The molecule has 0 radical (unpaired) electrons. The van der Waals surface area contributed by atoms with Gasteiger partial charge in [0, 0.05) is 36.0 Å². The van der Waals surface area contributed by atoms with E-state index in [-0.39, 0.29) is 28.7 Å². The number of nitrogens with one attached hydrogen (secondary N) is 1. The van der Waals surface area contributed by atoms with Crippen LogP contribution >= 0.6 is 0 Å². The van der Waals surface area contributed by atoms with E-state index >= 15 is 4.39 Å². The van der Waals surface area contributed by atoms with Gasteiger partial charge in [0.25, 0.3) is 5.91 Å². The number of rotatable bonds is 6. The first-order valence-electron chi connectivity index (χ1n) is 12.4. The average molecular weight is 530 g/mol. The van der Waals surface area contributed by atoms with Crippen LogP contribution in [0.4, 0.5) is 14.6 Å². The van der Waals surface area contributed by atoms with Crippen LogP contribution in [0, 0.1) is 11.6 Å². The number of hydrogen-bond donors (Lipinski definition) is 2. The lowest BCUT2D eigenvalue weighted by atomic mass is 9.98. The minimum atomic E-state index is -0.693. The molecule has 3 N–H and O–H groups in total. The summed E-state index contributed by atoms with van der Waals surface area (Å²) in [5.41, 5.74) is 10.3. The van der Waals surface area contributed by atoms with E-state index in [2.05, 4.69) is 15.3 Å². The van der Waals surface area contributed by atoms with E-state index in [1.54, 1.807) is 30.6 Å². The number of amides is 1. The van der Waals surface area contributed by atoms with Gasteiger partial charge in [-0.25, -0.2) is 18.3 Å². The van der Waals surface area contributed by atoms with Crippen LogP contribution < -0.4 is 15.4 Å². The molecule has 2 aromatic carbocycles. The Morgan fingerprint density at radius 3 is 2.64 bits per heavy atom. The summed E-state index contributed by atoms with van der Waals surface area (Å²) >= 11 is 0. The maximum atomic E-state index is 16.0. The number of anilines is 1.